The maximum Gasteiger partial charge on any atom is 0.314 e. The molecule has 0 atom stereocenters. The van der Waals surface area contributed by atoms with Crippen LogP contribution in [0.15, 0.2) is 24.3 Å². The lowest BCUT2D eigenvalue weighted by atomic mass is 10.2. The van der Waals surface area contributed by atoms with E-state index >= 15 is 0 Å². The number of hydrogen-bond acceptors (Lipinski definition) is 4. The molecule has 0 unspecified atom stereocenters. The number of rotatable bonds is 10. The van der Waals surface area contributed by atoms with Crippen LogP contribution >= 0.6 is 11.8 Å². The first-order chi connectivity index (χ1) is 12.3. The van der Waals surface area contributed by atoms with Gasteiger partial charge in [-0.1, -0.05) is 18.2 Å². The van der Waals surface area contributed by atoms with E-state index in [1.807, 2.05) is 6.07 Å². The Morgan fingerprint density at radius 2 is 1.92 bits per heavy atom. The predicted octanol–water partition coefficient (Wildman–Crippen LogP) is 2.47. The minimum absolute atomic E-state index is 0.127. The van der Waals surface area contributed by atoms with Crippen LogP contribution in [0.4, 0.5) is 9.18 Å². The van der Waals surface area contributed by atoms with Crippen molar-refractivity contribution >= 4 is 17.8 Å². The fraction of sp³-hybridized carbons (Fsp3) is 0.611. The molecular weight excluding hydrogens is 341 g/mol. The minimum atomic E-state index is -0.169. The number of amides is 2. The standard InChI is InChI=1S/C18H28FN3O2S/c19-17-6-2-1-5-16(17)15-25-14-8-21-18(23)20-7-3-4-9-22-10-12-24-13-11-22/h1-2,5-6H,3-4,7-15H2,(H2,20,21,23). The fourth-order valence-corrected chi connectivity index (χ4v) is 3.43. The Bertz CT molecular complexity index is 513. The van der Waals surface area contributed by atoms with Crippen LogP contribution in [0.1, 0.15) is 18.4 Å². The molecule has 2 amide bonds. The average Bonchev–Trinajstić information content (AvgIpc) is 2.63. The zero-order chi connectivity index (χ0) is 17.7. The number of unbranched alkanes of at least 4 members (excludes halogenated alkanes) is 1. The highest BCUT2D eigenvalue weighted by Crippen LogP contribution is 2.14. The number of hydrogen-bond donors (Lipinski definition) is 2. The summed E-state index contributed by atoms with van der Waals surface area (Å²) >= 11 is 1.61. The van der Waals surface area contributed by atoms with Gasteiger partial charge in [-0.15, -0.1) is 0 Å². The number of ether oxygens (including phenoxy) is 1. The molecule has 2 rings (SSSR count). The largest absolute Gasteiger partial charge is 0.379 e. The third kappa shape index (κ3) is 8.56. The highest BCUT2D eigenvalue weighted by atomic mass is 32.2. The highest BCUT2D eigenvalue weighted by molar-refractivity contribution is 7.98. The molecule has 0 saturated carbocycles. The van der Waals surface area contributed by atoms with Gasteiger partial charge in [-0.3, -0.25) is 4.90 Å². The number of carbonyl (C=O) groups excluding carboxylic acids is 1. The molecule has 1 heterocycles. The summed E-state index contributed by atoms with van der Waals surface area (Å²) in [5.41, 5.74) is 0.706. The van der Waals surface area contributed by atoms with Crippen LogP contribution in [0.2, 0.25) is 0 Å². The van der Waals surface area contributed by atoms with E-state index in [9.17, 15) is 9.18 Å². The summed E-state index contributed by atoms with van der Waals surface area (Å²) in [6.07, 6.45) is 2.06. The molecule has 25 heavy (non-hydrogen) atoms. The second-order valence-corrected chi connectivity index (χ2v) is 7.09. The molecule has 0 aromatic heterocycles. The van der Waals surface area contributed by atoms with Gasteiger partial charge in [0, 0.05) is 37.7 Å². The SMILES string of the molecule is O=C(NCCCCN1CCOCC1)NCCSCc1ccccc1F. The summed E-state index contributed by atoms with van der Waals surface area (Å²) in [4.78, 5) is 14.1. The number of carbonyl (C=O) groups is 1. The van der Waals surface area contributed by atoms with Gasteiger partial charge in [0.15, 0.2) is 0 Å². The summed E-state index contributed by atoms with van der Waals surface area (Å²) in [5.74, 6) is 1.22. The smallest absolute Gasteiger partial charge is 0.314 e. The molecule has 1 aliphatic heterocycles. The summed E-state index contributed by atoms with van der Waals surface area (Å²) in [7, 11) is 0. The summed E-state index contributed by atoms with van der Waals surface area (Å²) < 4.78 is 18.8. The molecule has 0 bridgehead atoms. The number of morpholine rings is 1. The molecule has 5 nitrogen and oxygen atoms in total. The van der Waals surface area contributed by atoms with Crippen LogP contribution in [0.25, 0.3) is 0 Å². The topological polar surface area (TPSA) is 53.6 Å². The first-order valence-electron chi connectivity index (χ1n) is 8.88. The van der Waals surface area contributed by atoms with Crippen molar-refractivity contribution in [3.63, 3.8) is 0 Å². The number of benzene rings is 1. The lowest BCUT2D eigenvalue weighted by molar-refractivity contribution is 0.0372. The van der Waals surface area contributed by atoms with Crippen molar-refractivity contribution in [2.75, 3.05) is 51.7 Å². The van der Waals surface area contributed by atoms with Crippen molar-refractivity contribution in [3.8, 4) is 0 Å². The van der Waals surface area contributed by atoms with E-state index in [0.717, 1.165) is 51.4 Å². The van der Waals surface area contributed by atoms with Crippen molar-refractivity contribution < 1.29 is 13.9 Å². The third-order valence-electron chi connectivity index (χ3n) is 4.04. The molecule has 1 aromatic rings. The van der Waals surface area contributed by atoms with Gasteiger partial charge in [0.05, 0.1) is 13.2 Å². The summed E-state index contributed by atoms with van der Waals surface area (Å²) in [5, 5.41) is 5.71. The zero-order valence-electron chi connectivity index (χ0n) is 14.6. The Morgan fingerprint density at radius 3 is 2.72 bits per heavy atom. The Balaban J connectivity index is 1.41. The van der Waals surface area contributed by atoms with Gasteiger partial charge < -0.3 is 15.4 Å². The number of nitrogens with one attached hydrogen (secondary N) is 2. The average molecular weight is 370 g/mol. The minimum Gasteiger partial charge on any atom is -0.379 e. The monoisotopic (exact) mass is 369 g/mol. The predicted molar refractivity (Wildman–Crippen MR) is 100 cm³/mol. The van der Waals surface area contributed by atoms with E-state index in [1.54, 1.807) is 23.9 Å². The van der Waals surface area contributed by atoms with Gasteiger partial charge in [0.25, 0.3) is 0 Å². The number of nitrogens with zero attached hydrogens (tertiary/aromatic N) is 1. The molecule has 0 radical (unpaired) electrons. The molecule has 140 valence electrons. The van der Waals surface area contributed by atoms with Crippen LogP contribution in [0.5, 0.6) is 0 Å². The Morgan fingerprint density at radius 1 is 1.16 bits per heavy atom. The first-order valence-corrected chi connectivity index (χ1v) is 10.0. The van der Waals surface area contributed by atoms with Crippen molar-refractivity contribution in [1.29, 1.82) is 0 Å². The molecule has 1 aromatic carbocycles. The number of halogens is 1. The van der Waals surface area contributed by atoms with Crippen LogP contribution in [-0.2, 0) is 10.5 Å². The van der Waals surface area contributed by atoms with Crippen molar-refractivity contribution in [3.05, 3.63) is 35.6 Å². The van der Waals surface area contributed by atoms with E-state index in [-0.39, 0.29) is 11.8 Å². The van der Waals surface area contributed by atoms with E-state index < -0.39 is 0 Å². The van der Waals surface area contributed by atoms with Gasteiger partial charge in [-0.25, -0.2) is 9.18 Å². The molecule has 2 N–H and O–H groups in total. The Kier molecular flexibility index (Phi) is 9.69. The van der Waals surface area contributed by atoms with Gasteiger partial charge >= 0.3 is 6.03 Å². The second-order valence-electron chi connectivity index (χ2n) is 5.99. The number of thioether (sulfide) groups is 1. The maximum absolute atomic E-state index is 13.4. The van der Waals surface area contributed by atoms with Crippen molar-refractivity contribution in [1.82, 2.24) is 15.5 Å². The van der Waals surface area contributed by atoms with Crippen LogP contribution in [0.3, 0.4) is 0 Å². The summed E-state index contributed by atoms with van der Waals surface area (Å²) in [6, 6.07) is 6.66. The highest BCUT2D eigenvalue weighted by Gasteiger charge is 2.09. The van der Waals surface area contributed by atoms with Gasteiger partial charge in [0.1, 0.15) is 5.82 Å². The molecule has 1 aliphatic rings. The number of urea groups is 1. The van der Waals surface area contributed by atoms with E-state index in [4.69, 9.17) is 4.74 Å². The van der Waals surface area contributed by atoms with Crippen LogP contribution < -0.4 is 10.6 Å². The molecule has 0 spiro atoms. The second kappa shape index (κ2) is 12.1. The molecule has 1 saturated heterocycles. The quantitative estimate of drug-likeness (QED) is 0.622. The Labute approximate surface area is 153 Å². The lowest BCUT2D eigenvalue weighted by Gasteiger charge is -2.26. The van der Waals surface area contributed by atoms with Crippen LogP contribution in [-0.4, -0.2) is 62.6 Å². The lowest BCUT2D eigenvalue weighted by Crippen LogP contribution is -2.38. The molecule has 1 fully saturated rings. The zero-order valence-corrected chi connectivity index (χ0v) is 15.5. The van der Waals surface area contributed by atoms with Crippen molar-refractivity contribution in [2.45, 2.75) is 18.6 Å². The fourth-order valence-electron chi connectivity index (χ4n) is 2.58. The van der Waals surface area contributed by atoms with Crippen molar-refractivity contribution in [2.24, 2.45) is 0 Å². The van der Waals surface area contributed by atoms with E-state index in [2.05, 4.69) is 15.5 Å². The normalized spacial score (nSPS) is 15.1. The molecule has 7 heteroatoms. The maximum atomic E-state index is 13.4. The van der Waals surface area contributed by atoms with Crippen LogP contribution in [0, 0.1) is 5.82 Å². The van der Waals surface area contributed by atoms with E-state index in [0.29, 0.717) is 24.4 Å². The van der Waals surface area contributed by atoms with Gasteiger partial charge in [-0.2, -0.15) is 11.8 Å². The Hall–Kier alpha value is -1.31. The first kappa shape index (κ1) is 20.0. The third-order valence-corrected chi connectivity index (χ3v) is 5.05. The summed E-state index contributed by atoms with van der Waals surface area (Å²) in [6.45, 7) is 6.03. The van der Waals surface area contributed by atoms with Gasteiger partial charge in [-0.05, 0) is 31.0 Å². The molecule has 0 aliphatic carbocycles. The molecular formula is C18H28FN3O2S. The van der Waals surface area contributed by atoms with E-state index in [1.165, 1.54) is 6.07 Å². The van der Waals surface area contributed by atoms with Gasteiger partial charge in [0.2, 0.25) is 0 Å².